The van der Waals surface area contributed by atoms with Crippen molar-refractivity contribution in [2.24, 2.45) is 0 Å². The molecule has 0 atom stereocenters. The Balaban J connectivity index is 1.49. The second kappa shape index (κ2) is 8.71. The van der Waals surface area contributed by atoms with Crippen LogP contribution in [0.4, 0.5) is 11.4 Å². The Bertz CT molecular complexity index is 809. The summed E-state index contributed by atoms with van der Waals surface area (Å²) < 4.78 is 0. The molecule has 0 radical (unpaired) electrons. The van der Waals surface area contributed by atoms with E-state index in [1.807, 2.05) is 25.1 Å². The Morgan fingerprint density at radius 3 is 2.26 bits per heavy atom. The van der Waals surface area contributed by atoms with Crippen LogP contribution in [0.15, 0.2) is 42.5 Å². The molecular weight excluding hydrogens is 338 g/mol. The number of aryl methyl sites for hydroxylation is 2. The van der Waals surface area contributed by atoms with Crippen molar-refractivity contribution in [3.63, 3.8) is 0 Å². The smallest absolute Gasteiger partial charge is 0.251 e. The topological polar surface area (TPSA) is 70.2 Å². The fourth-order valence-electron chi connectivity index (χ4n) is 3.28. The first-order valence-electron chi connectivity index (χ1n) is 9.53. The molecule has 0 heterocycles. The van der Waals surface area contributed by atoms with Crippen molar-refractivity contribution < 1.29 is 9.59 Å². The molecule has 0 unspecified atom stereocenters. The first kappa shape index (κ1) is 19.0. The monoisotopic (exact) mass is 365 g/mol. The van der Waals surface area contributed by atoms with Crippen molar-refractivity contribution in [3.05, 3.63) is 59.2 Å². The van der Waals surface area contributed by atoms with E-state index in [9.17, 15) is 9.59 Å². The molecule has 0 bridgehead atoms. The molecule has 0 spiro atoms. The SMILES string of the molecule is Cc1ccc(NCC(=O)Nc2ccc(C(=O)NC3CCCC3)cc2)cc1C. The summed E-state index contributed by atoms with van der Waals surface area (Å²) in [6.45, 7) is 4.29. The van der Waals surface area contributed by atoms with Gasteiger partial charge in [0.1, 0.15) is 0 Å². The molecule has 3 N–H and O–H groups in total. The summed E-state index contributed by atoms with van der Waals surface area (Å²) >= 11 is 0. The lowest BCUT2D eigenvalue weighted by molar-refractivity contribution is -0.114. The summed E-state index contributed by atoms with van der Waals surface area (Å²) in [5.74, 6) is -0.174. The van der Waals surface area contributed by atoms with Crippen LogP contribution >= 0.6 is 0 Å². The van der Waals surface area contributed by atoms with Crippen molar-refractivity contribution >= 4 is 23.2 Å². The van der Waals surface area contributed by atoms with Crippen LogP contribution in [-0.4, -0.2) is 24.4 Å². The summed E-state index contributed by atoms with van der Waals surface area (Å²) in [4.78, 5) is 24.4. The van der Waals surface area contributed by atoms with E-state index in [2.05, 4.69) is 22.9 Å². The molecule has 27 heavy (non-hydrogen) atoms. The van der Waals surface area contributed by atoms with Crippen LogP contribution in [0.1, 0.15) is 47.2 Å². The van der Waals surface area contributed by atoms with Gasteiger partial charge in [-0.15, -0.1) is 0 Å². The van der Waals surface area contributed by atoms with E-state index in [0.29, 0.717) is 17.3 Å². The number of hydrogen-bond acceptors (Lipinski definition) is 3. The van der Waals surface area contributed by atoms with Gasteiger partial charge >= 0.3 is 0 Å². The lowest BCUT2D eigenvalue weighted by atomic mass is 10.1. The maximum Gasteiger partial charge on any atom is 0.251 e. The highest BCUT2D eigenvalue weighted by molar-refractivity contribution is 5.96. The van der Waals surface area contributed by atoms with E-state index in [0.717, 1.165) is 18.5 Å². The van der Waals surface area contributed by atoms with Crippen LogP contribution in [0.2, 0.25) is 0 Å². The van der Waals surface area contributed by atoms with Crippen LogP contribution in [0.3, 0.4) is 0 Å². The number of carbonyl (C=O) groups excluding carboxylic acids is 2. The largest absolute Gasteiger partial charge is 0.376 e. The number of benzene rings is 2. The second-order valence-corrected chi connectivity index (χ2v) is 7.23. The second-order valence-electron chi connectivity index (χ2n) is 7.23. The fourth-order valence-corrected chi connectivity index (χ4v) is 3.28. The Kier molecular flexibility index (Phi) is 6.12. The molecule has 2 aromatic rings. The fraction of sp³-hybridized carbons (Fsp3) is 0.364. The number of rotatable bonds is 6. The van der Waals surface area contributed by atoms with Gasteiger partial charge < -0.3 is 16.0 Å². The van der Waals surface area contributed by atoms with Crippen LogP contribution in [0, 0.1) is 13.8 Å². The maximum absolute atomic E-state index is 12.2. The molecule has 5 heteroatoms. The summed E-state index contributed by atoms with van der Waals surface area (Å²) in [7, 11) is 0. The first-order chi connectivity index (χ1) is 13.0. The average molecular weight is 365 g/mol. The zero-order chi connectivity index (χ0) is 19.2. The van der Waals surface area contributed by atoms with E-state index in [1.54, 1.807) is 24.3 Å². The van der Waals surface area contributed by atoms with Crippen molar-refractivity contribution in [2.45, 2.75) is 45.6 Å². The third-order valence-electron chi connectivity index (χ3n) is 5.08. The van der Waals surface area contributed by atoms with Gasteiger partial charge in [-0.1, -0.05) is 18.9 Å². The van der Waals surface area contributed by atoms with Gasteiger partial charge in [0, 0.05) is 23.0 Å². The van der Waals surface area contributed by atoms with E-state index in [4.69, 9.17) is 0 Å². The Morgan fingerprint density at radius 2 is 1.59 bits per heavy atom. The lowest BCUT2D eigenvalue weighted by Crippen LogP contribution is -2.32. The van der Waals surface area contributed by atoms with Crippen LogP contribution in [0.5, 0.6) is 0 Å². The maximum atomic E-state index is 12.2. The van der Waals surface area contributed by atoms with Crippen molar-refractivity contribution in [2.75, 3.05) is 17.2 Å². The Labute approximate surface area is 160 Å². The van der Waals surface area contributed by atoms with Crippen molar-refractivity contribution in [1.82, 2.24) is 5.32 Å². The Morgan fingerprint density at radius 1 is 0.926 bits per heavy atom. The van der Waals surface area contributed by atoms with Gasteiger partial charge in [-0.3, -0.25) is 9.59 Å². The molecule has 0 saturated heterocycles. The Hall–Kier alpha value is -2.82. The zero-order valence-corrected chi connectivity index (χ0v) is 16.0. The summed E-state index contributed by atoms with van der Waals surface area (Å²) in [5.41, 5.74) is 4.63. The minimum atomic E-state index is -0.128. The van der Waals surface area contributed by atoms with Gasteiger partial charge in [-0.05, 0) is 74.2 Å². The average Bonchev–Trinajstić information content (AvgIpc) is 3.16. The highest BCUT2D eigenvalue weighted by atomic mass is 16.2. The van der Waals surface area contributed by atoms with E-state index >= 15 is 0 Å². The summed E-state index contributed by atoms with van der Waals surface area (Å²) in [6.07, 6.45) is 4.50. The normalized spacial score (nSPS) is 14.0. The number of hydrogen-bond donors (Lipinski definition) is 3. The minimum Gasteiger partial charge on any atom is -0.376 e. The molecule has 0 aromatic heterocycles. The van der Waals surface area contributed by atoms with Gasteiger partial charge in [0.2, 0.25) is 5.91 Å². The van der Waals surface area contributed by atoms with Crippen LogP contribution < -0.4 is 16.0 Å². The lowest BCUT2D eigenvalue weighted by Gasteiger charge is -2.12. The van der Waals surface area contributed by atoms with Gasteiger partial charge in [-0.2, -0.15) is 0 Å². The van der Waals surface area contributed by atoms with E-state index < -0.39 is 0 Å². The number of amides is 2. The van der Waals surface area contributed by atoms with Crippen LogP contribution in [0.25, 0.3) is 0 Å². The standard InChI is InChI=1S/C22H27N3O2/c1-15-7-10-20(13-16(15)2)23-14-21(26)24-19-11-8-17(9-12-19)22(27)25-18-5-3-4-6-18/h7-13,18,23H,3-6,14H2,1-2H3,(H,24,26)(H,25,27). The van der Waals surface area contributed by atoms with Crippen LogP contribution in [-0.2, 0) is 4.79 Å². The number of nitrogens with one attached hydrogen (secondary N) is 3. The molecule has 2 amide bonds. The molecule has 1 fully saturated rings. The van der Waals surface area contributed by atoms with Gasteiger partial charge in [0.15, 0.2) is 0 Å². The molecular formula is C22H27N3O2. The molecule has 1 aliphatic carbocycles. The molecule has 142 valence electrons. The highest BCUT2D eigenvalue weighted by Gasteiger charge is 2.17. The first-order valence-corrected chi connectivity index (χ1v) is 9.53. The minimum absolute atomic E-state index is 0.0452. The molecule has 2 aromatic carbocycles. The molecule has 5 nitrogen and oxygen atoms in total. The van der Waals surface area contributed by atoms with Gasteiger partial charge in [0.25, 0.3) is 5.91 Å². The number of carbonyl (C=O) groups is 2. The number of anilines is 2. The van der Waals surface area contributed by atoms with E-state index in [1.165, 1.54) is 24.0 Å². The molecule has 0 aliphatic heterocycles. The third-order valence-corrected chi connectivity index (χ3v) is 5.08. The zero-order valence-electron chi connectivity index (χ0n) is 16.0. The molecule has 1 aliphatic rings. The summed E-state index contributed by atoms with van der Waals surface area (Å²) in [5, 5.41) is 9.04. The highest BCUT2D eigenvalue weighted by Crippen LogP contribution is 2.18. The van der Waals surface area contributed by atoms with Crippen molar-refractivity contribution in [3.8, 4) is 0 Å². The van der Waals surface area contributed by atoms with Gasteiger partial charge in [-0.25, -0.2) is 0 Å². The molecule has 3 rings (SSSR count). The van der Waals surface area contributed by atoms with E-state index in [-0.39, 0.29) is 18.4 Å². The quantitative estimate of drug-likeness (QED) is 0.724. The summed E-state index contributed by atoms with van der Waals surface area (Å²) in [6, 6.07) is 13.3. The third kappa shape index (κ3) is 5.33. The van der Waals surface area contributed by atoms with Gasteiger partial charge in [0.05, 0.1) is 6.54 Å². The predicted molar refractivity (Wildman–Crippen MR) is 109 cm³/mol. The molecule has 1 saturated carbocycles. The predicted octanol–water partition coefficient (Wildman–Crippen LogP) is 4.03. The van der Waals surface area contributed by atoms with Crippen molar-refractivity contribution in [1.29, 1.82) is 0 Å².